The molecule has 1 atom stereocenters. The first-order valence-electron chi connectivity index (χ1n) is 5.46. The summed E-state index contributed by atoms with van der Waals surface area (Å²) < 4.78 is 5.77. The molecule has 94 valence electrons. The standard InChI is InChI=1S/C11H17N3O3/c1-13(2)5-7-6-14(3)10-8(17-7)4-12-9(10)11(15)16/h4,7,12H,5-6H2,1-3H3,(H,15,16). The fraction of sp³-hybridized carbons (Fsp3) is 0.545. The number of hydrogen-bond acceptors (Lipinski definition) is 4. The maximum atomic E-state index is 11.0. The van der Waals surface area contributed by atoms with Gasteiger partial charge in [0.1, 0.15) is 11.8 Å². The monoisotopic (exact) mass is 239 g/mol. The summed E-state index contributed by atoms with van der Waals surface area (Å²) in [5, 5.41) is 9.04. The van der Waals surface area contributed by atoms with Crippen molar-refractivity contribution in [2.45, 2.75) is 6.10 Å². The van der Waals surface area contributed by atoms with Gasteiger partial charge in [-0.1, -0.05) is 0 Å². The molecule has 2 heterocycles. The number of aromatic amines is 1. The average molecular weight is 239 g/mol. The van der Waals surface area contributed by atoms with E-state index in [9.17, 15) is 4.79 Å². The van der Waals surface area contributed by atoms with Gasteiger partial charge >= 0.3 is 5.97 Å². The molecular formula is C11H17N3O3. The molecule has 0 fully saturated rings. The zero-order valence-electron chi connectivity index (χ0n) is 10.2. The van der Waals surface area contributed by atoms with Gasteiger partial charge in [-0.2, -0.15) is 0 Å². The van der Waals surface area contributed by atoms with E-state index in [0.717, 1.165) is 6.54 Å². The zero-order chi connectivity index (χ0) is 12.6. The number of H-pyrrole nitrogens is 1. The number of fused-ring (bicyclic) bond motifs is 1. The van der Waals surface area contributed by atoms with E-state index < -0.39 is 5.97 Å². The molecule has 0 amide bonds. The zero-order valence-corrected chi connectivity index (χ0v) is 10.2. The number of anilines is 1. The molecule has 2 N–H and O–H groups in total. The Morgan fingerprint density at radius 3 is 3.00 bits per heavy atom. The van der Waals surface area contributed by atoms with Crippen molar-refractivity contribution in [2.24, 2.45) is 0 Å². The Morgan fingerprint density at radius 2 is 2.41 bits per heavy atom. The first-order valence-corrected chi connectivity index (χ1v) is 5.46. The molecule has 2 rings (SSSR count). The maximum absolute atomic E-state index is 11.0. The predicted molar refractivity (Wildman–Crippen MR) is 64.0 cm³/mol. The number of rotatable bonds is 3. The molecule has 1 aromatic heterocycles. The fourth-order valence-electron chi connectivity index (χ4n) is 2.15. The van der Waals surface area contributed by atoms with E-state index in [2.05, 4.69) is 4.98 Å². The van der Waals surface area contributed by atoms with Crippen molar-refractivity contribution in [3.63, 3.8) is 0 Å². The first-order chi connectivity index (χ1) is 7.99. The first kappa shape index (κ1) is 11.8. The smallest absolute Gasteiger partial charge is 0.354 e. The van der Waals surface area contributed by atoms with Gasteiger partial charge in [0.25, 0.3) is 0 Å². The van der Waals surface area contributed by atoms with Crippen molar-refractivity contribution in [3.05, 3.63) is 11.9 Å². The number of carboxylic acids is 1. The Kier molecular flexibility index (Phi) is 2.97. The number of ether oxygens (including phenoxy) is 1. The number of hydrogen-bond donors (Lipinski definition) is 2. The maximum Gasteiger partial charge on any atom is 0.354 e. The summed E-state index contributed by atoms with van der Waals surface area (Å²) in [7, 11) is 5.85. The second-order valence-electron chi connectivity index (χ2n) is 4.56. The quantitative estimate of drug-likeness (QED) is 0.802. The minimum atomic E-state index is -0.965. The molecule has 0 saturated carbocycles. The predicted octanol–water partition coefficient (Wildman–Crippen LogP) is 0.472. The highest BCUT2D eigenvalue weighted by Gasteiger charge is 2.29. The Hall–Kier alpha value is -1.69. The van der Waals surface area contributed by atoms with E-state index in [1.54, 1.807) is 6.20 Å². The van der Waals surface area contributed by atoms with E-state index in [1.807, 2.05) is 30.9 Å². The highest BCUT2D eigenvalue weighted by Crippen LogP contribution is 2.35. The SMILES string of the molecule is CN(C)CC1CN(C)c2c(c[nH]c2C(=O)O)O1. The van der Waals surface area contributed by atoms with Gasteiger partial charge in [0, 0.05) is 19.8 Å². The third kappa shape index (κ3) is 2.21. The summed E-state index contributed by atoms with van der Waals surface area (Å²) in [4.78, 5) is 17.7. The van der Waals surface area contributed by atoms with Crippen LogP contribution in [0.3, 0.4) is 0 Å². The van der Waals surface area contributed by atoms with E-state index >= 15 is 0 Å². The van der Waals surface area contributed by atoms with Crippen molar-refractivity contribution in [1.29, 1.82) is 0 Å². The van der Waals surface area contributed by atoms with Crippen LogP contribution < -0.4 is 9.64 Å². The largest absolute Gasteiger partial charge is 0.483 e. The van der Waals surface area contributed by atoms with Crippen LogP contribution in [0.2, 0.25) is 0 Å². The van der Waals surface area contributed by atoms with Gasteiger partial charge in [0.15, 0.2) is 11.4 Å². The number of nitrogens with zero attached hydrogens (tertiary/aromatic N) is 2. The van der Waals surface area contributed by atoms with Gasteiger partial charge in [0.2, 0.25) is 0 Å². The van der Waals surface area contributed by atoms with Gasteiger partial charge in [-0.25, -0.2) is 4.79 Å². The van der Waals surface area contributed by atoms with Gasteiger partial charge in [-0.15, -0.1) is 0 Å². The topological polar surface area (TPSA) is 68.8 Å². The van der Waals surface area contributed by atoms with Gasteiger partial charge < -0.3 is 24.6 Å². The Bertz CT molecular complexity index is 428. The van der Waals surface area contributed by atoms with Crippen LogP contribution in [-0.2, 0) is 0 Å². The lowest BCUT2D eigenvalue weighted by Crippen LogP contribution is -2.43. The number of aromatic carboxylic acids is 1. The van der Waals surface area contributed by atoms with Crippen LogP contribution in [-0.4, -0.2) is 61.3 Å². The molecule has 1 unspecified atom stereocenters. The summed E-state index contributed by atoms with van der Waals surface area (Å²) in [6.07, 6.45) is 1.66. The molecule has 17 heavy (non-hydrogen) atoms. The minimum absolute atomic E-state index is 0.0555. The summed E-state index contributed by atoms with van der Waals surface area (Å²) in [6, 6.07) is 0. The number of carbonyl (C=O) groups is 1. The van der Waals surface area contributed by atoms with Crippen LogP contribution in [0.1, 0.15) is 10.5 Å². The molecule has 0 radical (unpaired) electrons. The molecule has 6 nitrogen and oxygen atoms in total. The molecule has 0 bridgehead atoms. The second kappa shape index (κ2) is 4.29. The molecule has 0 saturated heterocycles. The van der Waals surface area contributed by atoms with Gasteiger partial charge in [0.05, 0.1) is 6.54 Å². The van der Waals surface area contributed by atoms with Crippen molar-refractivity contribution < 1.29 is 14.6 Å². The number of aromatic nitrogens is 1. The molecule has 6 heteroatoms. The lowest BCUT2D eigenvalue weighted by Gasteiger charge is -2.33. The van der Waals surface area contributed by atoms with E-state index in [0.29, 0.717) is 18.0 Å². The summed E-state index contributed by atoms with van der Waals surface area (Å²) >= 11 is 0. The number of nitrogens with one attached hydrogen (secondary N) is 1. The van der Waals surface area contributed by atoms with Crippen molar-refractivity contribution in [1.82, 2.24) is 9.88 Å². The van der Waals surface area contributed by atoms with Crippen LogP contribution in [0.25, 0.3) is 0 Å². The third-order valence-electron chi connectivity index (χ3n) is 2.75. The summed E-state index contributed by atoms with van der Waals surface area (Å²) in [6.45, 7) is 1.49. The molecule has 1 aromatic rings. The Balaban J connectivity index is 2.24. The van der Waals surface area contributed by atoms with Crippen molar-refractivity contribution in [2.75, 3.05) is 39.1 Å². The second-order valence-corrected chi connectivity index (χ2v) is 4.56. The molecule has 0 aliphatic carbocycles. The lowest BCUT2D eigenvalue weighted by atomic mass is 10.2. The number of carboxylic acid groups (broad SMARTS) is 1. The van der Waals surface area contributed by atoms with E-state index in [4.69, 9.17) is 9.84 Å². The minimum Gasteiger partial charge on any atom is -0.483 e. The molecule has 0 spiro atoms. The summed E-state index contributed by atoms with van der Waals surface area (Å²) in [5.41, 5.74) is 0.818. The average Bonchev–Trinajstić information content (AvgIpc) is 2.60. The van der Waals surface area contributed by atoms with Crippen LogP contribution in [0, 0.1) is 0 Å². The molecular weight excluding hydrogens is 222 g/mol. The van der Waals surface area contributed by atoms with Crippen LogP contribution in [0.4, 0.5) is 5.69 Å². The van der Waals surface area contributed by atoms with Gasteiger partial charge in [-0.3, -0.25) is 0 Å². The van der Waals surface area contributed by atoms with Crippen molar-refractivity contribution in [3.8, 4) is 5.75 Å². The highest BCUT2D eigenvalue weighted by molar-refractivity contribution is 5.94. The third-order valence-corrected chi connectivity index (χ3v) is 2.75. The van der Waals surface area contributed by atoms with E-state index in [-0.39, 0.29) is 11.8 Å². The lowest BCUT2D eigenvalue weighted by molar-refractivity contribution is 0.0690. The number of likely N-dealkylation sites (N-methyl/N-ethyl adjacent to an activating group) is 2. The van der Waals surface area contributed by atoms with Crippen molar-refractivity contribution >= 4 is 11.7 Å². The Morgan fingerprint density at radius 1 is 1.71 bits per heavy atom. The van der Waals surface area contributed by atoms with Crippen LogP contribution in [0.5, 0.6) is 5.75 Å². The molecule has 0 aromatic carbocycles. The van der Waals surface area contributed by atoms with Gasteiger partial charge in [-0.05, 0) is 14.1 Å². The summed E-state index contributed by atoms with van der Waals surface area (Å²) in [5.74, 6) is -0.351. The Labute approximate surface area is 99.8 Å². The highest BCUT2D eigenvalue weighted by atomic mass is 16.5. The van der Waals surface area contributed by atoms with E-state index in [1.165, 1.54) is 0 Å². The van der Waals surface area contributed by atoms with Crippen LogP contribution >= 0.6 is 0 Å². The molecule has 1 aliphatic heterocycles. The fourth-order valence-corrected chi connectivity index (χ4v) is 2.15. The normalized spacial score (nSPS) is 19.1. The molecule has 1 aliphatic rings. The van der Waals surface area contributed by atoms with Crippen LogP contribution in [0.15, 0.2) is 6.20 Å².